The van der Waals surface area contributed by atoms with Crippen LogP contribution in [0.3, 0.4) is 0 Å². The highest BCUT2D eigenvalue weighted by atomic mass is 32.1. The van der Waals surface area contributed by atoms with E-state index in [1.807, 2.05) is 0 Å². The Hall–Kier alpha value is -0.630. The summed E-state index contributed by atoms with van der Waals surface area (Å²) in [6, 6.07) is 0. The van der Waals surface area contributed by atoms with E-state index >= 15 is 0 Å². The zero-order chi connectivity index (χ0) is 21.6. The zero-order valence-corrected chi connectivity index (χ0v) is 19.3. The van der Waals surface area contributed by atoms with Gasteiger partial charge in [0.1, 0.15) is 12.4 Å². The number of carbonyl (C=O) groups excluding carboxylic acids is 2. The first-order valence-corrected chi connectivity index (χ1v) is 11.8. The molecule has 0 unspecified atom stereocenters. The fourth-order valence-electron chi connectivity index (χ4n) is 7.47. The summed E-state index contributed by atoms with van der Waals surface area (Å²) in [5.41, 5.74) is -0.250. The monoisotopic (exact) mass is 440 g/mol. The Kier molecular flexibility index (Phi) is 6.30. The van der Waals surface area contributed by atoms with E-state index in [4.69, 9.17) is 18.4 Å². The van der Waals surface area contributed by atoms with Crippen molar-refractivity contribution in [1.29, 1.82) is 0 Å². The molecule has 1 saturated heterocycles. The quantitative estimate of drug-likeness (QED) is 0.300. The molecule has 0 radical (unpaired) electrons. The molecule has 4 aliphatic rings. The summed E-state index contributed by atoms with van der Waals surface area (Å²) in [5.74, 6) is -0.163. The molecule has 3 aliphatic carbocycles. The van der Waals surface area contributed by atoms with Crippen LogP contribution in [0.15, 0.2) is 0 Å². The molecule has 6 nitrogen and oxygen atoms in total. The number of hydrogen-bond donors (Lipinski definition) is 1. The highest BCUT2D eigenvalue weighted by Gasteiger charge is 2.67. The molecule has 4 rings (SSSR count). The molecule has 0 amide bonds. The summed E-state index contributed by atoms with van der Waals surface area (Å²) in [5, 5.41) is 0. The van der Waals surface area contributed by atoms with Gasteiger partial charge in [-0.1, -0.05) is 13.8 Å². The van der Waals surface area contributed by atoms with Crippen LogP contribution in [0.2, 0.25) is 0 Å². The third kappa shape index (κ3) is 3.44. The minimum atomic E-state index is -0.540. The second kappa shape index (κ2) is 8.38. The Morgan fingerprint density at radius 3 is 2.43 bits per heavy atom. The van der Waals surface area contributed by atoms with Crippen molar-refractivity contribution in [3.63, 3.8) is 0 Å². The van der Waals surface area contributed by atoms with Crippen LogP contribution >= 0.6 is 12.9 Å². The van der Waals surface area contributed by atoms with Crippen LogP contribution in [0.4, 0.5) is 0 Å². The lowest BCUT2D eigenvalue weighted by Gasteiger charge is -2.57. The molecule has 7 atom stereocenters. The largest absolute Gasteiger partial charge is 0.462 e. The predicted octanol–water partition coefficient (Wildman–Crippen LogP) is 4.11. The Morgan fingerprint density at radius 2 is 1.80 bits per heavy atom. The van der Waals surface area contributed by atoms with Crippen molar-refractivity contribution >= 4 is 25.2 Å². The van der Waals surface area contributed by atoms with Gasteiger partial charge in [0.2, 0.25) is 0 Å². The van der Waals surface area contributed by atoms with Crippen LogP contribution in [0.1, 0.15) is 72.1 Å². The Bertz CT molecular complexity index is 664. The van der Waals surface area contributed by atoms with E-state index < -0.39 is 5.79 Å². The highest BCUT2D eigenvalue weighted by molar-refractivity contribution is 7.75. The average Bonchev–Trinajstić information content (AvgIpc) is 3.30. The minimum absolute atomic E-state index is 0.0717. The molecule has 0 N–H and O–H groups in total. The highest BCUT2D eigenvalue weighted by Crippen LogP contribution is 2.65. The van der Waals surface area contributed by atoms with Gasteiger partial charge in [-0.3, -0.25) is 4.79 Å². The van der Waals surface area contributed by atoms with Crippen molar-refractivity contribution < 1.29 is 28.0 Å². The fraction of sp³-hybridized carbons (Fsp3) is 0.913. The second-order valence-corrected chi connectivity index (χ2v) is 10.5. The summed E-state index contributed by atoms with van der Waals surface area (Å²) in [6.07, 6.45) is 7.81. The van der Waals surface area contributed by atoms with E-state index in [9.17, 15) is 9.59 Å². The molecular formula is C23H36O6S. The SMILES string of the molecule is CC(=O)O[C@@H]1[C@@H]([C@@]2(C)CC[C@H](OS)C[C@@H]2CC=O)CC[C@@]2(C)[C@H]1CCC21OCCO1. The van der Waals surface area contributed by atoms with Gasteiger partial charge in [-0.2, -0.15) is 0 Å². The van der Waals surface area contributed by atoms with Crippen molar-refractivity contribution in [3.05, 3.63) is 0 Å². The number of rotatable bonds is 5. The standard InChI is InChI=1S/C23H36O6S/c1-15(25)28-20-18(21(2)8-4-17(29-30)14-16(21)7-11-24)5-9-22(3)19(20)6-10-23(22)26-12-13-27-23/h11,16-20,30H,4-10,12-14H2,1-3H3/t16-,17-,18-,19-,20+,21-,22-/m0/s1. The number of hydrogen-bond acceptors (Lipinski definition) is 7. The number of ether oxygens (including phenoxy) is 3. The van der Waals surface area contributed by atoms with Crippen molar-refractivity contribution in [2.75, 3.05) is 13.2 Å². The molecule has 1 heterocycles. The topological polar surface area (TPSA) is 71.1 Å². The van der Waals surface area contributed by atoms with Crippen molar-refractivity contribution in [2.45, 2.75) is 90.1 Å². The van der Waals surface area contributed by atoms with Crippen LogP contribution in [0.25, 0.3) is 0 Å². The molecule has 170 valence electrons. The molecule has 0 aromatic heterocycles. The second-order valence-electron chi connectivity index (χ2n) is 10.3. The van der Waals surface area contributed by atoms with E-state index in [1.165, 1.54) is 6.92 Å². The zero-order valence-electron chi connectivity index (χ0n) is 18.4. The fourth-order valence-corrected chi connectivity index (χ4v) is 7.66. The van der Waals surface area contributed by atoms with Crippen LogP contribution in [0, 0.1) is 28.6 Å². The number of carbonyl (C=O) groups is 2. The van der Waals surface area contributed by atoms with Crippen molar-refractivity contribution in [3.8, 4) is 0 Å². The molecule has 1 aliphatic heterocycles. The number of thiol groups is 1. The molecule has 0 aromatic carbocycles. The van der Waals surface area contributed by atoms with Gasteiger partial charge in [0.05, 0.1) is 19.3 Å². The molecule has 4 fully saturated rings. The number of aldehydes is 1. The summed E-state index contributed by atoms with van der Waals surface area (Å²) < 4.78 is 23.8. The molecule has 3 saturated carbocycles. The maximum absolute atomic E-state index is 12.2. The summed E-state index contributed by atoms with van der Waals surface area (Å²) >= 11 is 4.04. The first-order valence-electron chi connectivity index (χ1n) is 11.5. The predicted molar refractivity (Wildman–Crippen MR) is 114 cm³/mol. The lowest BCUT2D eigenvalue weighted by Crippen LogP contribution is -2.58. The van der Waals surface area contributed by atoms with Gasteiger partial charge in [0.25, 0.3) is 0 Å². The van der Waals surface area contributed by atoms with Gasteiger partial charge < -0.3 is 23.2 Å². The smallest absolute Gasteiger partial charge is 0.302 e. The van der Waals surface area contributed by atoms with Gasteiger partial charge in [-0.05, 0) is 62.8 Å². The van der Waals surface area contributed by atoms with Crippen LogP contribution in [0.5, 0.6) is 0 Å². The first kappa shape index (κ1) is 22.6. The molecular weight excluding hydrogens is 404 g/mol. The Balaban J connectivity index is 1.66. The van der Waals surface area contributed by atoms with Gasteiger partial charge >= 0.3 is 5.97 Å². The maximum atomic E-state index is 12.2. The van der Waals surface area contributed by atoms with Crippen molar-refractivity contribution in [2.24, 2.45) is 28.6 Å². The summed E-state index contributed by atoms with van der Waals surface area (Å²) in [7, 11) is 0. The Morgan fingerprint density at radius 1 is 1.10 bits per heavy atom. The lowest BCUT2D eigenvalue weighted by atomic mass is 9.51. The van der Waals surface area contributed by atoms with E-state index in [0.29, 0.717) is 19.6 Å². The van der Waals surface area contributed by atoms with E-state index in [1.54, 1.807) is 0 Å². The first-order chi connectivity index (χ1) is 14.3. The normalized spacial score (nSPS) is 45.3. The molecule has 0 bridgehead atoms. The maximum Gasteiger partial charge on any atom is 0.302 e. The average molecular weight is 441 g/mol. The van der Waals surface area contributed by atoms with E-state index in [0.717, 1.165) is 51.2 Å². The molecule has 7 heteroatoms. The molecule has 0 aromatic rings. The van der Waals surface area contributed by atoms with E-state index in [-0.39, 0.29) is 46.8 Å². The van der Waals surface area contributed by atoms with Crippen LogP contribution in [-0.2, 0) is 28.0 Å². The van der Waals surface area contributed by atoms with Crippen LogP contribution < -0.4 is 0 Å². The van der Waals surface area contributed by atoms with Gasteiger partial charge in [0.15, 0.2) is 5.79 Å². The van der Waals surface area contributed by atoms with E-state index in [2.05, 4.69) is 26.8 Å². The number of esters is 1. The van der Waals surface area contributed by atoms with Gasteiger partial charge in [0, 0.05) is 37.0 Å². The summed E-state index contributed by atoms with van der Waals surface area (Å²) in [6.45, 7) is 7.34. The van der Waals surface area contributed by atoms with Crippen LogP contribution in [-0.4, -0.2) is 43.5 Å². The van der Waals surface area contributed by atoms with Crippen molar-refractivity contribution in [1.82, 2.24) is 0 Å². The molecule has 30 heavy (non-hydrogen) atoms. The van der Waals surface area contributed by atoms with Gasteiger partial charge in [-0.25, -0.2) is 0 Å². The third-order valence-electron chi connectivity index (χ3n) is 9.16. The third-order valence-corrected chi connectivity index (χ3v) is 9.46. The van der Waals surface area contributed by atoms with Gasteiger partial charge in [-0.15, -0.1) is 0 Å². The number of fused-ring (bicyclic) bond motifs is 2. The lowest BCUT2D eigenvalue weighted by molar-refractivity contribution is -0.252. The Labute approximate surface area is 185 Å². The summed E-state index contributed by atoms with van der Waals surface area (Å²) in [4.78, 5) is 23.7. The minimum Gasteiger partial charge on any atom is -0.462 e. The molecule has 1 spiro atoms.